The van der Waals surface area contributed by atoms with E-state index < -0.39 is 11.8 Å². The Kier molecular flexibility index (Phi) is 13.2. The van der Waals surface area contributed by atoms with Crippen LogP contribution in [0.5, 0.6) is 0 Å². The number of carboxylic acids is 1. The van der Waals surface area contributed by atoms with Gasteiger partial charge in [0.2, 0.25) is 0 Å². The predicted octanol–water partition coefficient (Wildman–Crippen LogP) is 4.40. The SMILES string of the molecule is CCCCCCCCC(O)(O)CCCCCC/C=C/C(=O)O. The summed E-state index contributed by atoms with van der Waals surface area (Å²) in [4.78, 5) is 10.3. The highest BCUT2D eigenvalue weighted by Gasteiger charge is 2.21. The summed E-state index contributed by atoms with van der Waals surface area (Å²) in [6, 6.07) is 0. The Hall–Kier alpha value is -0.870. The molecule has 3 N–H and O–H groups in total. The zero-order chi connectivity index (χ0) is 16.7. The summed E-state index contributed by atoms with van der Waals surface area (Å²) in [6.07, 6.45) is 15.1. The minimum atomic E-state index is -1.51. The zero-order valence-electron chi connectivity index (χ0n) is 14.1. The average Bonchev–Trinajstić information content (AvgIpc) is 2.45. The van der Waals surface area contributed by atoms with Crippen LogP contribution in [0.1, 0.15) is 90.4 Å². The third-order valence-corrected chi connectivity index (χ3v) is 3.89. The number of carboxylic acid groups (broad SMARTS) is 1. The lowest BCUT2D eigenvalue weighted by Crippen LogP contribution is -2.27. The van der Waals surface area contributed by atoms with E-state index in [2.05, 4.69) is 6.92 Å². The molecular weight excluding hydrogens is 280 g/mol. The second-order valence-electron chi connectivity index (χ2n) is 6.19. The molecule has 0 radical (unpaired) electrons. The van der Waals surface area contributed by atoms with Gasteiger partial charge in [-0.3, -0.25) is 0 Å². The molecule has 4 nitrogen and oxygen atoms in total. The van der Waals surface area contributed by atoms with E-state index in [9.17, 15) is 15.0 Å². The lowest BCUT2D eigenvalue weighted by atomic mass is 9.99. The molecule has 0 saturated heterocycles. The summed E-state index contributed by atoms with van der Waals surface area (Å²) < 4.78 is 0. The summed E-state index contributed by atoms with van der Waals surface area (Å²) >= 11 is 0. The van der Waals surface area contributed by atoms with Crippen molar-refractivity contribution in [3.8, 4) is 0 Å². The van der Waals surface area contributed by atoms with Gasteiger partial charge in [-0.15, -0.1) is 0 Å². The van der Waals surface area contributed by atoms with Gasteiger partial charge in [-0.25, -0.2) is 4.79 Å². The first-order chi connectivity index (χ1) is 10.5. The van der Waals surface area contributed by atoms with Crippen LogP contribution in [0.3, 0.4) is 0 Å². The number of unbranched alkanes of at least 4 members (excludes halogenated alkanes) is 9. The molecule has 0 aliphatic heterocycles. The van der Waals surface area contributed by atoms with Crippen molar-refractivity contribution in [1.29, 1.82) is 0 Å². The molecule has 0 aliphatic rings. The van der Waals surface area contributed by atoms with Crippen molar-refractivity contribution in [3.63, 3.8) is 0 Å². The van der Waals surface area contributed by atoms with Crippen LogP contribution >= 0.6 is 0 Å². The maximum absolute atomic E-state index is 10.3. The van der Waals surface area contributed by atoms with Crippen LogP contribution < -0.4 is 0 Å². The first-order valence-corrected chi connectivity index (χ1v) is 8.82. The van der Waals surface area contributed by atoms with Crippen molar-refractivity contribution in [2.24, 2.45) is 0 Å². The van der Waals surface area contributed by atoms with Crippen LogP contribution in [0.15, 0.2) is 12.2 Å². The molecule has 0 aromatic rings. The highest BCUT2D eigenvalue weighted by atomic mass is 16.5. The highest BCUT2D eigenvalue weighted by Crippen LogP contribution is 2.20. The number of carbonyl (C=O) groups is 1. The summed E-state index contributed by atoms with van der Waals surface area (Å²) in [5, 5.41) is 28.2. The Balaban J connectivity index is 3.45. The predicted molar refractivity (Wildman–Crippen MR) is 89.6 cm³/mol. The summed E-state index contributed by atoms with van der Waals surface area (Å²) in [5.74, 6) is -2.41. The van der Waals surface area contributed by atoms with Crippen molar-refractivity contribution in [1.82, 2.24) is 0 Å². The van der Waals surface area contributed by atoms with Gasteiger partial charge in [0.1, 0.15) is 0 Å². The van der Waals surface area contributed by atoms with Gasteiger partial charge >= 0.3 is 5.97 Å². The van der Waals surface area contributed by atoms with E-state index in [0.717, 1.165) is 44.9 Å². The van der Waals surface area contributed by atoms with Gasteiger partial charge in [0.15, 0.2) is 5.79 Å². The number of hydrogen-bond acceptors (Lipinski definition) is 3. The number of allylic oxidation sites excluding steroid dienone is 1. The zero-order valence-corrected chi connectivity index (χ0v) is 14.1. The molecule has 0 heterocycles. The fourth-order valence-corrected chi connectivity index (χ4v) is 2.52. The Morgan fingerprint density at radius 3 is 1.91 bits per heavy atom. The number of rotatable bonds is 15. The first kappa shape index (κ1) is 21.1. The van der Waals surface area contributed by atoms with Gasteiger partial charge in [-0.1, -0.05) is 57.9 Å². The van der Waals surface area contributed by atoms with Crippen molar-refractivity contribution in [3.05, 3.63) is 12.2 Å². The van der Waals surface area contributed by atoms with Gasteiger partial charge in [0.25, 0.3) is 0 Å². The molecule has 0 aliphatic carbocycles. The van der Waals surface area contributed by atoms with Crippen LogP contribution in [0, 0.1) is 0 Å². The van der Waals surface area contributed by atoms with E-state index in [4.69, 9.17) is 5.11 Å². The summed E-state index contributed by atoms with van der Waals surface area (Å²) in [7, 11) is 0. The maximum Gasteiger partial charge on any atom is 0.327 e. The largest absolute Gasteiger partial charge is 0.478 e. The molecule has 22 heavy (non-hydrogen) atoms. The fraction of sp³-hybridized carbons (Fsp3) is 0.833. The van der Waals surface area contributed by atoms with Crippen LogP contribution in [0.4, 0.5) is 0 Å². The normalized spacial score (nSPS) is 12.1. The minimum absolute atomic E-state index is 0.437. The number of aliphatic carboxylic acids is 1. The van der Waals surface area contributed by atoms with Crippen molar-refractivity contribution < 1.29 is 20.1 Å². The van der Waals surface area contributed by atoms with E-state index >= 15 is 0 Å². The molecule has 0 aromatic carbocycles. The van der Waals surface area contributed by atoms with Crippen molar-refractivity contribution in [2.75, 3.05) is 0 Å². The molecular formula is C18H34O4. The van der Waals surface area contributed by atoms with Crippen LogP contribution in [0.2, 0.25) is 0 Å². The summed E-state index contributed by atoms with van der Waals surface area (Å²) in [6.45, 7) is 2.19. The molecule has 0 amide bonds. The van der Waals surface area contributed by atoms with Crippen LogP contribution in [0.25, 0.3) is 0 Å². The minimum Gasteiger partial charge on any atom is -0.478 e. The molecule has 130 valence electrons. The van der Waals surface area contributed by atoms with E-state index in [1.807, 2.05) is 0 Å². The van der Waals surface area contributed by atoms with E-state index in [1.165, 1.54) is 31.8 Å². The molecule has 4 heteroatoms. The molecule has 0 saturated carbocycles. The Labute approximate surface area is 135 Å². The fourth-order valence-electron chi connectivity index (χ4n) is 2.52. The third kappa shape index (κ3) is 15.5. The van der Waals surface area contributed by atoms with Crippen LogP contribution in [-0.4, -0.2) is 27.1 Å². The Bertz CT molecular complexity index is 297. The van der Waals surface area contributed by atoms with Gasteiger partial charge in [-0.2, -0.15) is 0 Å². The highest BCUT2D eigenvalue weighted by molar-refractivity contribution is 5.79. The quantitative estimate of drug-likeness (QED) is 0.238. The second-order valence-corrected chi connectivity index (χ2v) is 6.19. The number of hydrogen-bond donors (Lipinski definition) is 3. The Morgan fingerprint density at radius 2 is 1.36 bits per heavy atom. The molecule has 0 aromatic heterocycles. The number of aliphatic hydroxyl groups is 2. The molecule has 0 spiro atoms. The lowest BCUT2D eigenvalue weighted by molar-refractivity contribution is -0.172. The standard InChI is InChI=1S/C18H34O4/c1-2-3-4-5-9-12-15-18(21,22)16-13-10-7-6-8-11-14-17(19)20/h11,14,21-22H,2-10,12-13,15-16H2,1H3,(H,19,20)/b14-11+. The topological polar surface area (TPSA) is 77.8 Å². The molecule has 0 rings (SSSR count). The lowest BCUT2D eigenvalue weighted by Gasteiger charge is -2.21. The molecule has 0 unspecified atom stereocenters. The van der Waals surface area contributed by atoms with E-state index in [-0.39, 0.29) is 0 Å². The third-order valence-electron chi connectivity index (χ3n) is 3.89. The van der Waals surface area contributed by atoms with Gasteiger partial charge in [0.05, 0.1) is 0 Å². The van der Waals surface area contributed by atoms with Gasteiger partial charge < -0.3 is 15.3 Å². The smallest absolute Gasteiger partial charge is 0.327 e. The van der Waals surface area contributed by atoms with Crippen molar-refractivity contribution in [2.45, 2.75) is 96.2 Å². The Morgan fingerprint density at radius 1 is 0.864 bits per heavy atom. The van der Waals surface area contributed by atoms with Gasteiger partial charge in [0, 0.05) is 18.9 Å². The van der Waals surface area contributed by atoms with Gasteiger partial charge in [-0.05, 0) is 25.7 Å². The van der Waals surface area contributed by atoms with E-state index in [0.29, 0.717) is 12.8 Å². The maximum atomic E-state index is 10.3. The first-order valence-electron chi connectivity index (χ1n) is 8.82. The molecule has 0 fully saturated rings. The van der Waals surface area contributed by atoms with Crippen molar-refractivity contribution >= 4 is 5.97 Å². The molecule has 0 bridgehead atoms. The average molecular weight is 314 g/mol. The van der Waals surface area contributed by atoms with E-state index in [1.54, 1.807) is 6.08 Å². The second kappa shape index (κ2) is 13.8. The molecule has 0 atom stereocenters. The monoisotopic (exact) mass is 314 g/mol. The summed E-state index contributed by atoms with van der Waals surface area (Å²) in [5.41, 5.74) is 0. The van der Waals surface area contributed by atoms with Crippen LogP contribution in [-0.2, 0) is 4.79 Å².